The molecule has 1 aromatic carbocycles. The van der Waals surface area contributed by atoms with Crippen molar-refractivity contribution in [2.24, 2.45) is 0 Å². The second kappa shape index (κ2) is 5.80. The number of aryl methyl sites for hydroxylation is 2. The first-order valence-corrected chi connectivity index (χ1v) is 7.32. The zero-order valence-corrected chi connectivity index (χ0v) is 12.7. The van der Waals surface area contributed by atoms with Gasteiger partial charge in [-0.15, -0.1) is 5.10 Å². The Balaban J connectivity index is 2.18. The van der Waals surface area contributed by atoms with E-state index in [0.717, 1.165) is 16.1 Å². The van der Waals surface area contributed by atoms with Gasteiger partial charge in [0.25, 0.3) is 0 Å². The van der Waals surface area contributed by atoms with Crippen LogP contribution in [0.3, 0.4) is 0 Å². The average molecular weight is 276 g/mol. The van der Waals surface area contributed by atoms with Crippen LogP contribution in [-0.2, 0) is 6.42 Å². The second-order valence-corrected chi connectivity index (χ2v) is 6.10. The van der Waals surface area contributed by atoms with Gasteiger partial charge in [0.1, 0.15) is 0 Å². The van der Waals surface area contributed by atoms with Gasteiger partial charge in [-0.2, -0.15) is 0 Å². The highest BCUT2D eigenvalue weighted by atomic mass is 32.1. The number of rotatable bonds is 4. The van der Waals surface area contributed by atoms with Crippen molar-refractivity contribution in [1.82, 2.24) is 9.59 Å². The first-order chi connectivity index (χ1) is 8.99. The van der Waals surface area contributed by atoms with E-state index in [-0.39, 0.29) is 0 Å². The Morgan fingerprint density at radius 2 is 1.95 bits per heavy atom. The van der Waals surface area contributed by atoms with E-state index in [4.69, 9.17) is 0 Å². The van der Waals surface area contributed by atoms with Crippen molar-refractivity contribution >= 4 is 11.5 Å². The molecule has 2 aromatic rings. The molecule has 0 spiro atoms. The maximum atomic E-state index is 10.4. The van der Waals surface area contributed by atoms with Gasteiger partial charge in [-0.05, 0) is 48.0 Å². The van der Waals surface area contributed by atoms with Crippen LogP contribution in [0.2, 0.25) is 0 Å². The molecule has 0 amide bonds. The molecule has 0 aliphatic carbocycles. The summed E-state index contributed by atoms with van der Waals surface area (Å²) in [7, 11) is 0. The first kappa shape index (κ1) is 14.2. The third kappa shape index (κ3) is 3.19. The molecule has 0 saturated carbocycles. The molecule has 1 atom stereocenters. The summed E-state index contributed by atoms with van der Waals surface area (Å²) in [6, 6.07) is 6.32. The van der Waals surface area contributed by atoms with Crippen molar-refractivity contribution in [3.8, 4) is 0 Å². The van der Waals surface area contributed by atoms with Crippen LogP contribution in [0.5, 0.6) is 0 Å². The number of aromatic nitrogens is 2. The van der Waals surface area contributed by atoms with Crippen LogP contribution in [0.15, 0.2) is 18.2 Å². The monoisotopic (exact) mass is 276 g/mol. The number of hydrogen-bond acceptors (Lipinski definition) is 4. The van der Waals surface area contributed by atoms with Crippen molar-refractivity contribution in [2.75, 3.05) is 0 Å². The molecule has 3 nitrogen and oxygen atoms in total. The summed E-state index contributed by atoms with van der Waals surface area (Å²) in [5, 5.41) is 14.5. The summed E-state index contributed by atoms with van der Waals surface area (Å²) in [4.78, 5) is 0.897. The molecule has 1 N–H and O–H groups in total. The van der Waals surface area contributed by atoms with Crippen molar-refractivity contribution in [1.29, 1.82) is 0 Å². The van der Waals surface area contributed by atoms with Gasteiger partial charge in [-0.1, -0.05) is 36.5 Å². The number of hydrogen-bond donors (Lipinski definition) is 1. The lowest BCUT2D eigenvalue weighted by Gasteiger charge is -2.12. The zero-order chi connectivity index (χ0) is 14.0. The smallest absolute Gasteiger partial charge is 0.0957 e. The van der Waals surface area contributed by atoms with Crippen molar-refractivity contribution in [2.45, 2.75) is 46.1 Å². The highest BCUT2D eigenvalue weighted by Crippen LogP contribution is 2.28. The lowest BCUT2D eigenvalue weighted by atomic mass is 9.99. The second-order valence-electron chi connectivity index (χ2n) is 5.32. The van der Waals surface area contributed by atoms with Gasteiger partial charge >= 0.3 is 0 Å². The maximum Gasteiger partial charge on any atom is 0.0957 e. The molecule has 1 aromatic heterocycles. The third-order valence-electron chi connectivity index (χ3n) is 3.39. The molecule has 0 aliphatic rings. The SMILES string of the molecule is Cc1ccc(CC(O)c2snnc2C(C)C)cc1C. The van der Waals surface area contributed by atoms with E-state index >= 15 is 0 Å². The molecule has 102 valence electrons. The lowest BCUT2D eigenvalue weighted by Crippen LogP contribution is -2.04. The Bertz CT molecular complexity index is 563. The minimum absolute atomic E-state index is 0.295. The zero-order valence-electron chi connectivity index (χ0n) is 11.8. The van der Waals surface area contributed by atoms with Crippen LogP contribution >= 0.6 is 11.5 Å². The normalized spacial score (nSPS) is 12.9. The third-order valence-corrected chi connectivity index (χ3v) is 4.23. The molecule has 1 heterocycles. The number of nitrogens with zero attached hydrogens (tertiary/aromatic N) is 2. The molecular weight excluding hydrogens is 256 g/mol. The van der Waals surface area contributed by atoms with E-state index in [1.54, 1.807) is 0 Å². The number of aliphatic hydroxyl groups is 1. The van der Waals surface area contributed by atoms with Crippen molar-refractivity contribution in [3.05, 3.63) is 45.5 Å². The van der Waals surface area contributed by atoms with Gasteiger partial charge in [-0.3, -0.25) is 0 Å². The summed E-state index contributed by atoms with van der Waals surface area (Å²) in [6.07, 6.45) is 0.101. The highest BCUT2D eigenvalue weighted by Gasteiger charge is 2.19. The average Bonchev–Trinajstić information content (AvgIpc) is 2.83. The Hall–Kier alpha value is -1.26. The van der Waals surface area contributed by atoms with Crippen LogP contribution < -0.4 is 0 Å². The lowest BCUT2D eigenvalue weighted by molar-refractivity contribution is 0.180. The van der Waals surface area contributed by atoms with Crippen molar-refractivity contribution < 1.29 is 5.11 Å². The van der Waals surface area contributed by atoms with Crippen LogP contribution in [0.25, 0.3) is 0 Å². The molecule has 19 heavy (non-hydrogen) atoms. The fraction of sp³-hybridized carbons (Fsp3) is 0.467. The van der Waals surface area contributed by atoms with E-state index in [0.29, 0.717) is 12.3 Å². The summed E-state index contributed by atoms with van der Waals surface area (Å²) >= 11 is 1.30. The number of aliphatic hydroxyl groups excluding tert-OH is 1. The molecule has 1 unspecified atom stereocenters. The van der Waals surface area contributed by atoms with Crippen molar-refractivity contribution in [3.63, 3.8) is 0 Å². The molecular formula is C15H20N2OS. The minimum atomic E-state index is -0.514. The van der Waals surface area contributed by atoms with Crippen LogP contribution in [0.1, 0.15) is 53.1 Å². The van der Waals surface area contributed by atoms with E-state index in [1.165, 1.54) is 22.7 Å². The quantitative estimate of drug-likeness (QED) is 0.928. The molecule has 0 fully saturated rings. The predicted octanol–water partition coefficient (Wildman–Crippen LogP) is 3.55. The van der Waals surface area contributed by atoms with Gasteiger partial charge in [0.05, 0.1) is 16.7 Å². The predicted molar refractivity (Wildman–Crippen MR) is 78.6 cm³/mol. The Morgan fingerprint density at radius 1 is 1.21 bits per heavy atom. The molecule has 4 heteroatoms. The van der Waals surface area contributed by atoms with Gasteiger partial charge in [-0.25, -0.2) is 0 Å². The number of benzene rings is 1. The maximum absolute atomic E-state index is 10.4. The molecule has 0 radical (unpaired) electrons. The molecule has 0 aliphatic heterocycles. The standard InChI is InChI=1S/C15H20N2OS/c1-9(2)14-15(19-17-16-14)13(18)8-12-6-5-10(3)11(4)7-12/h5-7,9,13,18H,8H2,1-4H3. The summed E-state index contributed by atoms with van der Waals surface area (Å²) < 4.78 is 3.97. The van der Waals surface area contributed by atoms with Crippen LogP contribution in [0.4, 0.5) is 0 Å². The van der Waals surface area contributed by atoms with Gasteiger partial charge in [0.15, 0.2) is 0 Å². The largest absolute Gasteiger partial charge is 0.387 e. The summed E-state index contributed by atoms with van der Waals surface area (Å²) in [5.41, 5.74) is 4.61. The van der Waals surface area contributed by atoms with E-state index < -0.39 is 6.10 Å². The Labute approximate surface area is 118 Å². The van der Waals surface area contributed by atoms with E-state index in [9.17, 15) is 5.11 Å². The van der Waals surface area contributed by atoms with Gasteiger partial charge < -0.3 is 5.11 Å². The van der Waals surface area contributed by atoms with Gasteiger partial charge in [0.2, 0.25) is 0 Å². The fourth-order valence-electron chi connectivity index (χ4n) is 2.08. The summed E-state index contributed by atoms with van der Waals surface area (Å²) in [5.74, 6) is 0.295. The topological polar surface area (TPSA) is 46.0 Å². The molecule has 0 saturated heterocycles. The molecule has 2 rings (SSSR count). The Morgan fingerprint density at radius 3 is 2.58 bits per heavy atom. The van der Waals surface area contributed by atoms with Crippen LogP contribution in [0, 0.1) is 13.8 Å². The van der Waals surface area contributed by atoms with Crippen LogP contribution in [-0.4, -0.2) is 14.7 Å². The van der Waals surface area contributed by atoms with E-state index in [2.05, 4.69) is 55.5 Å². The summed E-state index contributed by atoms with van der Waals surface area (Å²) in [6.45, 7) is 8.34. The van der Waals surface area contributed by atoms with E-state index in [1.807, 2.05) is 0 Å². The highest BCUT2D eigenvalue weighted by molar-refractivity contribution is 7.05. The van der Waals surface area contributed by atoms with Gasteiger partial charge in [0, 0.05) is 6.42 Å². The minimum Gasteiger partial charge on any atom is -0.387 e. The molecule has 0 bridgehead atoms. The Kier molecular flexibility index (Phi) is 4.32. The first-order valence-electron chi connectivity index (χ1n) is 6.55. The fourth-order valence-corrected chi connectivity index (χ4v) is 2.87.